The van der Waals surface area contributed by atoms with Crippen LogP contribution in [0.25, 0.3) is 10.9 Å². The number of alkyl halides is 3. The minimum absolute atomic E-state index is 0.0314. The van der Waals surface area contributed by atoms with Crippen LogP contribution in [0.2, 0.25) is 0 Å². The third kappa shape index (κ3) is 2.53. The number of rotatable bonds is 3. The Kier molecular flexibility index (Phi) is 3.34. The molecule has 22 heavy (non-hydrogen) atoms. The predicted molar refractivity (Wildman–Crippen MR) is 70.0 cm³/mol. The molecule has 3 heterocycles. The minimum atomic E-state index is -4.55. The molecular weight excluding hydrogens is 299 g/mol. The molecular formula is C13H12F3N5O. The van der Waals surface area contributed by atoms with Crippen LogP contribution in [-0.4, -0.2) is 25.0 Å². The lowest BCUT2D eigenvalue weighted by Gasteiger charge is -2.01. The maximum Gasteiger partial charge on any atom is 0.435 e. The molecule has 0 aliphatic rings. The molecule has 3 aromatic heterocycles. The Balaban J connectivity index is 2.03. The highest BCUT2D eigenvalue weighted by Crippen LogP contribution is 2.33. The van der Waals surface area contributed by atoms with Gasteiger partial charge in [-0.1, -0.05) is 13.8 Å². The first-order chi connectivity index (χ1) is 10.4. The monoisotopic (exact) mass is 311 g/mol. The largest absolute Gasteiger partial charge is 0.435 e. The summed E-state index contributed by atoms with van der Waals surface area (Å²) in [7, 11) is 0. The molecule has 3 aromatic rings. The zero-order valence-electron chi connectivity index (χ0n) is 11.8. The van der Waals surface area contributed by atoms with Crippen molar-refractivity contribution in [2.24, 2.45) is 0 Å². The van der Waals surface area contributed by atoms with E-state index in [0.717, 1.165) is 6.20 Å². The van der Waals surface area contributed by atoms with Crippen LogP contribution in [0.1, 0.15) is 37.2 Å². The van der Waals surface area contributed by atoms with E-state index in [9.17, 15) is 13.2 Å². The van der Waals surface area contributed by atoms with Crippen molar-refractivity contribution in [3.8, 4) is 0 Å². The molecule has 6 nitrogen and oxygen atoms in total. The summed E-state index contributed by atoms with van der Waals surface area (Å²) < 4.78 is 45.7. The van der Waals surface area contributed by atoms with Crippen LogP contribution in [0, 0.1) is 0 Å². The summed E-state index contributed by atoms with van der Waals surface area (Å²) >= 11 is 0. The second-order valence-corrected chi connectivity index (χ2v) is 5.09. The van der Waals surface area contributed by atoms with Crippen molar-refractivity contribution in [1.82, 2.24) is 25.0 Å². The van der Waals surface area contributed by atoms with Crippen molar-refractivity contribution in [2.75, 3.05) is 0 Å². The molecule has 0 bridgehead atoms. The SMILES string of the molecule is CC(C)c1nnc(Cn2nc(C(F)(F)F)c3cnccc32)o1. The minimum Gasteiger partial charge on any atom is -0.423 e. The first-order valence-electron chi connectivity index (χ1n) is 6.56. The molecule has 116 valence electrons. The summed E-state index contributed by atoms with van der Waals surface area (Å²) in [6.07, 6.45) is -1.99. The molecule has 0 unspecified atom stereocenters. The molecule has 3 rings (SSSR count). The number of fused-ring (bicyclic) bond motifs is 1. The number of hydrogen-bond acceptors (Lipinski definition) is 5. The molecule has 0 spiro atoms. The van der Waals surface area contributed by atoms with Gasteiger partial charge in [-0.05, 0) is 6.07 Å². The molecule has 9 heteroatoms. The smallest absolute Gasteiger partial charge is 0.423 e. The van der Waals surface area contributed by atoms with Crippen LogP contribution < -0.4 is 0 Å². The van der Waals surface area contributed by atoms with Crippen molar-refractivity contribution in [3.05, 3.63) is 35.9 Å². The average Bonchev–Trinajstić information content (AvgIpc) is 3.04. The highest BCUT2D eigenvalue weighted by atomic mass is 19.4. The standard InChI is InChI=1S/C13H12F3N5O/c1-7(2)12-19-18-10(22-12)6-21-9-3-4-17-5-8(9)11(20-21)13(14,15)16/h3-5,7H,6H2,1-2H3. The highest BCUT2D eigenvalue weighted by Gasteiger charge is 2.37. The number of nitrogens with zero attached hydrogens (tertiary/aromatic N) is 5. The lowest BCUT2D eigenvalue weighted by atomic mass is 10.2. The van der Waals surface area contributed by atoms with Crippen molar-refractivity contribution < 1.29 is 17.6 Å². The summed E-state index contributed by atoms with van der Waals surface area (Å²) in [6, 6.07) is 1.47. The second-order valence-electron chi connectivity index (χ2n) is 5.09. The molecule has 0 aliphatic heterocycles. The van der Waals surface area contributed by atoms with Gasteiger partial charge in [-0.2, -0.15) is 18.3 Å². The van der Waals surface area contributed by atoms with Gasteiger partial charge in [-0.25, -0.2) is 0 Å². The summed E-state index contributed by atoms with van der Waals surface area (Å²) in [4.78, 5) is 3.73. The van der Waals surface area contributed by atoms with Crippen LogP contribution in [0.3, 0.4) is 0 Å². The maximum absolute atomic E-state index is 13.0. The van der Waals surface area contributed by atoms with Gasteiger partial charge in [0.1, 0.15) is 6.54 Å². The van der Waals surface area contributed by atoms with Crippen LogP contribution in [-0.2, 0) is 12.7 Å². The Morgan fingerprint density at radius 3 is 2.68 bits per heavy atom. The van der Waals surface area contributed by atoms with Gasteiger partial charge in [0.05, 0.1) is 10.9 Å². The summed E-state index contributed by atoms with van der Waals surface area (Å²) in [6.45, 7) is 3.73. The molecule has 0 fully saturated rings. The van der Waals surface area contributed by atoms with Crippen LogP contribution in [0.4, 0.5) is 13.2 Å². The van der Waals surface area contributed by atoms with Crippen LogP contribution in [0.5, 0.6) is 0 Å². The second kappa shape index (κ2) is 5.08. The molecule has 0 saturated carbocycles. The quantitative estimate of drug-likeness (QED) is 0.743. The maximum atomic E-state index is 13.0. The summed E-state index contributed by atoms with van der Waals surface area (Å²) in [5.41, 5.74) is -0.661. The fourth-order valence-corrected chi connectivity index (χ4v) is 2.04. The van der Waals surface area contributed by atoms with E-state index >= 15 is 0 Å². The Morgan fingerprint density at radius 1 is 1.27 bits per heavy atom. The normalized spacial score (nSPS) is 12.5. The van der Waals surface area contributed by atoms with Gasteiger partial charge in [0.15, 0.2) is 5.69 Å². The Morgan fingerprint density at radius 2 is 2.05 bits per heavy atom. The highest BCUT2D eigenvalue weighted by molar-refractivity contribution is 5.81. The number of aromatic nitrogens is 5. The van der Waals surface area contributed by atoms with Gasteiger partial charge in [0, 0.05) is 18.3 Å². The number of pyridine rings is 1. The van der Waals surface area contributed by atoms with E-state index in [2.05, 4.69) is 20.3 Å². The van der Waals surface area contributed by atoms with Gasteiger partial charge in [-0.3, -0.25) is 9.67 Å². The summed E-state index contributed by atoms with van der Waals surface area (Å²) in [5.74, 6) is 0.688. The fraction of sp³-hybridized carbons (Fsp3) is 0.385. The van der Waals surface area contributed by atoms with E-state index in [1.165, 1.54) is 16.9 Å². The molecule has 0 N–H and O–H groups in total. The van der Waals surface area contributed by atoms with Gasteiger partial charge in [0.2, 0.25) is 11.8 Å². The lowest BCUT2D eigenvalue weighted by Crippen LogP contribution is -2.09. The molecule has 0 saturated heterocycles. The number of halogens is 3. The zero-order chi connectivity index (χ0) is 15.9. The van der Waals surface area contributed by atoms with E-state index in [0.29, 0.717) is 11.4 Å². The van der Waals surface area contributed by atoms with Crippen LogP contribution in [0.15, 0.2) is 22.9 Å². The van der Waals surface area contributed by atoms with Gasteiger partial charge in [-0.15, -0.1) is 10.2 Å². The fourth-order valence-electron chi connectivity index (χ4n) is 2.04. The van der Waals surface area contributed by atoms with Gasteiger partial charge in [0.25, 0.3) is 0 Å². The first kappa shape index (κ1) is 14.5. The number of hydrogen-bond donors (Lipinski definition) is 0. The van der Waals surface area contributed by atoms with Crippen LogP contribution >= 0.6 is 0 Å². The first-order valence-corrected chi connectivity index (χ1v) is 6.56. The third-order valence-corrected chi connectivity index (χ3v) is 3.08. The Hall–Kier alpha value is -2.45. The summed E-state index contributed by atoms with van der Waals surface area (Å²) in [5, 5.41) is 11.3. The zero-order valence-corrected chi connectivity index (χ0v) is 11.8. The third-order valence-electron chi connectivity index (χ3n) is 3.08. The van der Waals surface area contributed by atoms with Gasteiger partial charge < -0.3 is 4.42 Å². The molecule has 0 amide bonds. The van der Waals surface area contributed by atoms with E-state index < -0.39 is 11.9 Å². The molecule has 0 aliphatic carbocycles. The van der Waals surface area contributed by atoms with Crippen molar-refractivity contribution in [1.29, 1.82) is 0 Å². The van der Waals surface area contributed by atoms with E-state index in [1.807, 2.05) is 13.8 Å². The van der Waals surface area contributed by atoms with Crippen molar-refractivity contribution in [3.63, 3.8) is 0 Å². The van der Waals surface area contributed by atoms with E-state index in [4.69, 9.17) is 4.42 Å². The van der Waals surface area contributed by atoms with Gasteiger partial charge >= 0.3 is 6.18 Å². The predicted octanol–water partition coefficient (Wildman–Crippen LogP) is 3.00. The molecule has 0 aromatic carbocycles. The van der Waals surface area contributed by atoms with E-state index in [1.54, 1.807) is 0 Å². The Labute approximate surface area is 123 Å². The van der Waals surface area contributed by atoms with Crippen molar-refractivity contribution >= 4 is 10.9 Å². The topological polar surface area (TPSA) is 69.6 Å². The van der Waals surface area contributed by atoms with Crippen molar-refractivity contribution in [2.45, 2.75) is 32.5 Å². The lowest BCUT2D eigenvalue weighted by molar-refractivity contribution is -0.140. The Bertz CT molecular complexity index is 805. The molecule has 0 radical (unpaired) electrons. The average molecular weight is 311 g/mol. The van der Waals surface area contributed by atoms with E-state index in [-0.39, 0.29) is 23.7 Å². The molecule has 0 atom stereocenters.